The van der Waals surface area contributed by atoms with Crippen LogP contribution in [0.5, 0.6) is 5.75 Å². The van der Waals surface area contributed by atoms with Crippen molar-refractivity contribution >= 4 is 5.78 Å². The van der Waals surface area contributed by atoms with E-state index >= 15 is 0 Å². The third-order valence-electron chi connectivity index (χ3n) is 5.24. The molecule has 7 nitrogen and oxygen atoms in total. The zero-order chi connectivity index (χ0) is 19.3. The second kappa shape index (κ2) is 6.15. The molecule has 0 fully saturated rings. The van der Waals surface area contributed by atoms with Gasteiger partial charge in [0.05, 0.1) is 11.4 Å². The first-order chi connectivity index (χ1) is 13.5. The fraction of sp³-hybridized carbons (Fsp3) is 0.333. The molecule has 5 rings (SSSR count). The first-order valence-electron chi connectivity index (χ1n) is 9.48. The summed E-state index contributed by atoms with van der Waals surface area (Å²) in [5.41, 5.74) is 4.24. The lowest BCUT2D eigenvalue weighted by molar-refractivity contribution is 0.0846. The summed E-state index contributed by atoms with van der Waals surface area (Å²) in [4.78, 5) is 8.99. The highest BCUT2D eigenvalue weighted by atomic mass is 16.5. The van der Waals surface area contributed by atoms with Gasteiger partial charge in [0.2, 0.25) is 0 Å². The smallest absolute Gasteiger partial charge is 0.253 e. The first kappa shape index (κ1) is 16.9. The maximum atomic E-state index is 6.09. The van der Waals surface area contributed by atoms with E-state index in [4.69, 9.17) is 9.84 Å². The summed E-state index contributed by atoms with van der Waals surface area (Å²) >= 11 is 0. The molecule has 0 amide bonds. The monoisotopic (exact) mass is 374 g/mol. The van der Waals surface area contributed by atoms with E-state index in [1.54, 1.807) is 16.9 Å². The molecule has 0 saturated heterocycles. The molecule has 0 bridgehead atoms. The molecule has 0 N–H and O–H groups in total. The molecule has 0 spiro atoms. The molecule has 4 heterocycles. The van der Waals surface area contributed by atoms with E-state index in [0.717, 1.165) is 35.8 Å². The highest BCUT2D eigenvalue weighted by molar-refractivity contribution is 5.57. The van der Waals surface area contributed by atoms with Crippen molar-refractivity contribution in [2.24, 2.45) is 7.05 Å². The Bertz CT molecular complexity index is 1170. The summed E-state index contributed by atoms with van der Waals surface area (Å²) < 4.78 is 9.70. The first-order valence-corrected chi connectivity index (χ1v) is 9.48. The second-order valence-corrected chi connectivity index (χ2v) is 7.89. The molecule has 7 heteroatoms. The van der Waals surface area contributed by atoms with Gasteiger partial charge in [0.25, 0.3) is 5.78 Å². The van der Waals surface area contributed by atoms with Crippen LogP contribution in [0.15, 0.2) is 42.7 Å². The number of rotatable bonds is 3. The molecule has 1 aromatic carbocycles. The number of hydrogen-bond donors (Lipinski definition) is 0. The van der Waals surface area contributed by atoms with Gasteiger partial charge in [-0.25, -0.2) is 4.98 Å². The molecule has 0 saturated carbocycles. The SMILES string of the molecule is Cn1nccc1-c1ccnc2nc(Cc3ccc4c(c3)CCC(C)(C)O4)nn12. The topological polar surface area (TPSA) is 70.1 Å². The Hall–Kier alpha value is -3.22. The van der Waals surface area contributed by atoms with Crippen molar-refractivity contribution in [3.8, 4) is 17.1 Å². The third-order valence-corrected chi connectivity index (χ3v) is 5.24. The summed E-state index contributed by atoms with van der Waals surface area (Å²) in [6.45, 7) is 4.27. The van der Waals surface area contributed by atoms with Crippen LogP contribution in [-0.2, 0) is 19.9 Å². The predicted octanol–water partition coefficient (Wildman–Crippen LogP) is 3.22. The van der Waals surface area contributed by atoms with Crippen LogP contribution in [0.3, 0.4) is 0 Å². The van der Waals surface area contributed by atoms with E-state index in [1.165, 1.54) is 11.1 Å². The van der Waals surface area contributed by atoms with E-state index in [9.17, 15) is 0 Å². The van der Waals surface area contributed by atoms with Crippen LogP contribution in [0.4, 0.5) is 0 Å². The Morgan fingerprint density at radius 1 is 1.11 bits per heavy atom. The number of hydrogen-bond acceptors (Lipinski definition) is 5. The lowest BCUT2D eigenvalue weighted by Gasteiger charge is -2.32. The molecule has 142 valence electrons. The van der Waals surface area contributed by atoms with Crippen molar-refractivity contribution in [2.45, 2.75) is 38.7 Å². The van der Waals surface area contributed by atoms with Gasteiger partial charge in [0.1, 0.15) is 11.4 Å². The average Bonchev–Trinajstić information content (AvgIpc) is 3.26. The van der Waals surface area contributed by atoms with Crippen molar-refractivity contribution in [3.05, 3.63) is 59.7 Å². The lowest BCUT2D eigenvalue weighted by atomic mass is 9.93. The summed E-state index contributed by atoms with van der Waals surface area (Å²) in [5.74, 6) is 2.33. The molecule has 0 unspecified atom stereocenters. The molecule has 3 aromatic heterocycles. The van der Waals surface area contributed by atoms with Crippen LogP contribution in [0.25, 0.3) is 17.2 Å². The van der Waals surface area contributed by atoms with Crippen LogP contribution in [0.1, 0.15) is 37.2 Å². The fourth-order valence-electron chi connectivity index (χ4n) is 3.73. The zero-order valence-corrected chi connectivity index (χ0v) is 16.3. The van der Waals surface area contributed by atoms with E-state index in [1.807, 2.05) is 23.9 Å². The van der Waals surface area contributed by atoms with Gasteiger partial charge in [-0.2, -0.15) is 14.6 Å². The fourth-order valence-corrected chi connectivity index (χ4v) is 3.73. The Balaban J connectivity index is 1.47. The number of fused-ring (bicyclic) bond motifs is 2. The number of aryl methyl sites for hydroxylation is 2. The Morgan fingerprint density at radius 3 is 2.79 bits per heavy atom. The summed E-state index contributed by atoms with van der Waals surface area (Å²) in [7, 11) is 1.91. The average molecular weight is 374 g/mol. The minimum atomic E-state index is -0.0917. The van der Waals surface area contributed by atoms with E-state index < -0.39 is 0 Å². The summed E-state index contributed by atoms with van der Waals surface area (Å²) in [6, 6.07) is 10.3. The zero-order valence-electron chi connectivity index (χ0n) is 16.3. The number of benzene rings is 1. The normalized spacial score (nSPS) is 15.4. The van der Waals surface area contributed by atoms with Crippen molar-refractivity contribution < 1.29 is 4.74 Å². The number of aromatic nitrogens is 6. The maximum Gasteiger partial charge on any atom is 0.253 e. The van der Waals surface area contributed by atoms with Crippen LogP contribution in [0, 0.1) is 0 Å². The minimum absolute atomic E-state index is 0.0917. The van der Waals surface area contributed by atoms with Gasteiger partial charge >= 0.3 is 0 Å². The van der Waals surface area contributed by atoms with E-state index in [2.05, 4.69) is 47.1 Å². The number of nitrogens with zero attached hydrogens (tertiary/aromatic N) is 6. The van der Waals surface area contributed by atoms with Crippen molar-refractivity contribution in [1.82, 2.24) is 29.4 Å². The Morgan fingerprint density at radius 2 is 1.96 bits per heavy atom. The van der Waals surface area contributed by atoms with Gasteiger partial charge in [0.15, 0.2) is 5.82 Å². The van der Waals surface area contributed by atoms with Crippen molar-refractivity contribution in [3.63, 3.8) is 0 Å². The molecule has 0 aliphatic carbocycles. The van der Waals surface area contributed by atoms with Crippen LogP contribution < -0.4 is 4.74 Å². The molecular weight excluding hydrogens is 352 g/mol. The van der Waals surface area contributed by atoms with E-state index in [0.29, 0.717) is 12.2 Å². The molecule has 0 atom stereocenters. The Labute approximate surface area is 163 Å². The lowest BCUT2D eigenvalue weighted by Crippen LogP contribution is -2.32. The van der Waals surface area contributed by atoms with Gasteiger partial charge in [-0.1, -0.05) is 12.1 Å². The highest BCUT2D eigenvalue weighted by Crippen LogP contribution is 2.33. The van der Waals surface area contributed by atoms with Crippen molar-refractivity contribution in [1.29, 1.82) is 0 Å². The van der Waals surface area contributed by atoms with Gasteiger partial charge < -0.3 is 4.74 Å². The Kier molecular flexibility index (Phi) is 3.72. The van der Waals surface area contributed by atoms with Crippen molar-refractivity contribution in [2.75, 3.05) is 0 Å². The molecule has 1 aliphatic rings. The minimum Gasteiger partial charge on any atom is -0.488 e. The third kappa shape index (κ3) is 2.93. The molecular formula is C21H22N6O. The summed E-state index contributed by atoms with van der Waals surface area (Å²) in [5, 5.41) is 8.96. The van der Waals surface area contributed by atoms with Gasteiger partial charge in [-0.3, -0.25) is 4.68 Å². The molecule has 0 radical (unpaired) electrons. The van der Waals surface area contributed by atoms with Crippen LogP contribution >= 0.6 is 0 Å². The molecule has 28 heavy (non-hydrogen) atoms. The molecule has 1 aliphatic heterocycles. The second-order valence-electron chi connectivity index (χ2n) is 7.89. The summed E-state index contributed by atoms with van der Waals surface area (Å²) in [6.07, 6.45) is 6.24. The quantitative estimate of drug-likeness (QED) is 0.551. The van der Waals surface area contributed by atoms with Gasteiger partial charge in [0, 0.05) is 25.9 Å². The maximum absolute atomic E-state index is 6.09. The van der Waals surface area contributed by atoms with Crippen LogP contribution in [0.2, 0.25) is 0 Å². The standard InChI is InChI=1S/C21H22N6O/c1-21(2)9-6-15-12-14(4-5-18(15)28-21)13-19-24-20-22-10-7-17(27(20)25-19)16-8-11-23-26(16)3/h4-5,7-8,10-12H,6,9,13H2,1-3H3. The largest absolute Gasteiger partial charge is 0.488 e. The molecule has 4 aromatic rings. The predicted molar refractivity (Wildman–Crippen MR) is 105 cm³/mol. The van der Waals surface area contributed by atoms with Gasteiger partial charge in [-0.05, 0) is 56.0 Å². The number of ether oxygens (including phenoxy) is 1. The van der Waals surface area contributed by atoms with E-state index in [-0.39, 0.29) is 5.60 Å². The van der Waals surface area contributed by atoms with Crippen LogP contribution in [-0.4, -0.2) is 35.0 Å². The van der Waals surface area contributed by atoms with Gasteiger partial charge in [-0.15, -0.1) is 5.10 Å². The highest BCUT2D eigenvalue weighted by Gasteiger charge is 2.26.